The van der Waals surface area contributed by atoms with Gasteiger partial charge in [-0.25, -0.2) is 0 Å². The van der Waals surface area contributed by atoms with Crippen LogP contribution in [0.3, 0.4) is 0 Å². The van der Waals surface area contributed by atoms with Gasteiger partial charge >= 0.3 is 0 Å². The van der Waals surface area contributed by atoms with Crippen LogP contribution in [-0.2, 0) is 17.8 Å². The van der Waals surface area contributed by atoms with Gasteiger partial charge in [0.05, 0.1) is 0 Å². The van der Waals surface area contributed by atoms with Gasteiger partial charge in [-0.15, -0.1) is 0 Å². The van der Waals surface area contributed by atoms with Crippen molar-refractivity contribution in [3.8, 4) is 11.5 Å². The van der Waals surface area contributed by atoms with E-state index in [0.717, 1.165) is 24.5 Å². The van der Waals surface area contributed by atoms with E-state index in [9.17, 15) is 4.79 Å². The van der Waals surface area contributed by atoms with Gasteiger partial charge in [-0.3, -0.25) is 4.79 Å². The molecule has 108 valence electrons. The molecule has 0 atom stereocenters. The van der Waals surface area contributed by atoms with Crippen LogP contribution in [-0.4, -0.2) is 30.6 Å². The van der Waals surface area contributed by atoms with E-state index in [2.05, 4.69) is 19.9 Å². The Bertz CT molecular complexity index is 525. The average molecular weight is 275 g/mol. The van der Waals surface area contributed by atoms with E-state index in [0.29, 0.717) is 32.1 Å². The van der Waals surface area contributed by atoms with E-state index >= 15 is 0 Å². The van der Waals surface area contributed by atoms with Crippen LogP contribution in [0.1, 0.15) is 31.4 Å². The third kappa shape index (κ3) is 2.60. The van der Waals surface area contributed by atoms with E-state index in [1.54, 1.807) is 0 Å². The predicted molar refractivity (Wildman–Crippen MR) is 76.0 cm³/mol. The third-order valence-corrected chi connectivity index (χ3v) is 3.81. The molecule has 4 heteroatoms. The van der Waals surface area contributed by atoms with Crippen LogP contribution in [0.2, 0.25) is 0 Å². The summed E-state index contributed by atoms with van der Waals surface area (Å²) in [5.74, 6) is 2.31. The maximum absolute atomic E-state index is 12.2. The van der Waals surface area contributed by atoms with Gasteiger partial charge in [0.25, 0.3) is 0 Å². The summed E-state index contributed by atoms with van der Waals surface area (Å²) in [4.78, 5) is 14.1. The van der Waals surface area contributed by atoms with Crippen LogP contribution in [0.5, 0.6) is 11.5 Å². The summed E-state index contributed by atoms with van der Waals surface area (Å²) in [6, 6.07) is 4.12. The van der Waals surface area contributed by atoms with Crippen molar-refractivity contribution in [3.05, 3.63) is 23.3 Å². The maximum atomic E-state index is 12.2. The fourth-order valence-corrected chi connectivity index (χ4v) is 2.78. The van der Waals surface area contributed by atoms with Crippen molar-refractivity contribution in [1.82, 2.24) is 4.90 Å². The summed E-state index contributed by atoms with van der Waals surface area (Å²) in [5, 5.41) is 0. The number of hydrogen-bond acceptors (Lipinski definition) is 3. The highest BCUT2D eigenvalue weighted by atomic mass is 16.6. The van der Waals surface area contributed by atoms with Crippen molar-refractivity contribution in [1.29, 1.82) is 0 Å². The van der Waals surface area contributed by atoms with Crippen molar-refractivity contribution in [3.63, 3.8) is 0 Å². The van der Waals surface area contributed by atoms with E-state index in [1.807, 2.05) is 11.0 Å². The number of nitrogens with zero attached hydrogens (tertiary/aromatic N) is 1. The zero-order chi connectivity index (χ0) is 14.1. The Morgan fingerprint density at radius 3 is 2.50 bits per heavy atom. The highest BCUT2D eigenvalue weighted by molar-refractivity contribution is 5.76. The van der Waals surface area contributed by atoms with E-state index in [1.165, 1.54) is 11.1 Å². The Balaban J connectivity index is 1.79. The molecule has 0 bridgehead atoms. The number of carbonyl (C=O) groups is 1. The van der Waals surface area contributed by atoms with Gasteiger partial charge in [-0.1, -0.05) is 13.8 Å². The van der Waals surface area contributed by atoms with E-state index < -0.39 is 0 Å². The molecule has 4 nitrogen and oxygen atoms in total. The second kappa shape index (κ2) is 5.35. The Kier molecular flexibility index (Phi) is 3.55. The first-order valence-electron chi connectivity index (χ1n) is 7.32. The lowest BCUT2D eigenvalue weighted by molar-refractivity contribution is -0.132. The first-order valence-corrected chi connectivity index (χ1v) is 7.32. The van der Waals surface area contributed by atoms with Gasteiger partial charge in [-0.05, 0) is 35.6 Å². The molecule has 0 spiro atoms. The molecule has 1 aromatic carbocycles. The number of amides is 1. The zero-order valence-electron chi connectivity index (χ0n) is 12.1. The molecule has 0 saturated carbocycles. The smallest absolute Gasteiger partial charge is 0.223 e. The minimum absolute atomic E-state index is 0.250. The van der Waals surface area contributed by atoms with Gasteiger partial charge in [0.1, 0.15) is 13.2 Å². The van der Waals surface area contributed by atoms with Crippen LogP contribution in [0.25, 0.3) is 0 Å². The average Bonchev–Trinajstić information content (AvgIpc) is 2.43. The lowest BCUT2D eigenvalue weighted by atomic mass is 9.98. The van der Waals surface area contributed by atoms with Crippen molar-refractivity contribution >= 4 is 5.91 Å². The summed E-state index contributed by atoms with van der Waals surface area (Å²) in [6.07, 6.45) is 1.52. The van der Waals surface area contributed by atoms with Gasteiger partial charge < -0.3 is 14.4 Å². The summed E-state index contributed by atoms with van der Waals surface area (Å²) >= 11 is 0. The molecule has 0 fully saturated rings. The summed E-state index contributed by atoms with van der Waals surface area (Å²) < 4.78 is 11.2. The molecule has 0 aliphatic carbocycles. The van der Waals surface area contributed by atoms with Crippen LogP contribution in [0.4, 0.5) is 0 Å². The number of ether oxygens (including phenoxy) is 2. The van der Waals surface area contributed by atoms with Crippen molar-refractivity contribution < 1.29 is 14.3 Å². The van der Waals surface area contributed by atoms with Crippen LogP contribution < -0.4 is 9.47 Å². The number of carbonyl (C=O) groups excluding carboxylic acids is 1. The lowest BCUT2D eigenvalue weighted by Crippen LogP contribution is -2.36. The van der Waals surface area contributed by atoms with Gasteiger partial charge in [-0.2, -0.15) is 0 Å². The highest BCUT2D eigenvalue weighted by Gasteiger charge is 2.24. The SMILES string of the molecule is CC(C)CC(=O)N1CCc2cc3c(cc2C1)OCCO3. The number of fused-ring (bicyclic) bond motifs is 2. The molecule has 2 aliphatic rings. The maximum Gasteiger partial charge on any atom is 0.223 e. The Morgan fingerprint density at radius 1 is 1.20 bits per heavy atom. The highest BCUT2D eigenvalue weighted by Crippen LogP contribution is 2.35. The van der Waals surface area contributed by atoms with Gasteiger partial charge in [0.2, 0.25) is 5.91 Å². The lowest BCUT2D eigenvalue weighted by Gasteiger charge is -2.31. The Morgan fingerprint density at radius 2 is 1.85 bits per heavy atom. The summed E-state index contributed by atoms with van der Waals surface area (Å²) in [5.41, 5.74) is 2.47. The first kappa shape index (κ1) is 13.3. The molecular weight excluding hydrogens is 254 g/mol. The molecular formula is C16H21NO3. The molecule has 0 saturated heterocycles. The van der Waals surface area contributed by atoms with Crippen LogP contribution in [0.15, 0.2) is 12.1 Å². The zero-order valence-corrected chi connectivity index (χ0v) is 12.1. The second-order valence-corrected chi connectivity index (χ2v) is 5.93. The first-order chi connectivity index (χ1) is 9.63. The monoisotopic (exact) mass is 275 g/mol. The molecule has 2 heterocycles. The predicted octanol–water partition coefficient (Wildman–Crippen LogP) is 2.39. The Hall–Kier alpha value is -1.71. The summed E-state index contributed by atoms with van der Waals surface area (Å²) in [7, 11) is 0. The van der Waals surface area contributed by atoms with Gasteiger partial charge in [0.15, 0.2) is 11.5 Å². The Labute approximate surface area is 119 Å². The largest absolute Gasteiger partial charge is 0.486 e. The number of benzene rings is 1. The second-order valence-electron chi connectivity index (χ2n) is 5.93. The van der Waals surface area contributed by atoms with Crippen molar-refractivity contribution in [2.45, 2.75) is 33.2 Å². The minimum atomic E-state index is 0.250. The molecule has 0 unspecified atom stereocenters. The standard InChI is InChI=1S/C16H21NO3/c1-11(2)7-16(18)17-4-3-12-8-14-15(9-13(12)10-17)20-6-5-19-14/h8-9,11H,3-7,10H2,1-2H3. The molecule has 1 aromatic rings. The number of rotatable bonds is 2. The normalized spacial score (nSPS) is 17.1. The third-order valence-electron chi connectivity index (χ3n) is 3.81. The molecule has 2 aliphatic heterocycles. The summed E-state index contributed by atoms with van der Waals surface area (Å²) in [6.45, 7) is 6.87. The van der Waals surface area contributed by atoms with Crippen molar-refractivity contribution in [2.24, 2.45) is 5.92 Å². The van der Waals surface area contributed by atoms with Crippen LogP contribution >= 0.6 is 0 Å². The van der Waals surface area contributed by atoms with Gasteiger partial charge in [0, 0.05) is 19.5 Å². The van der Waals surface area contributed by atoms with Crippen molar-refractivity contribution in [2.75, 3.05) is 19.8 Å². The molecule has 0 N–H and O–H groups in total. The molecule has 20 heavy (non-hydrogen) atoms. The minimum Gasteiger partial charge on any atom is -0.486 e. The number of hydrogen-bond donors (Lipinski definition) is 0. The van der Waals surface area contributed by atoms with Crippen LogP contribution in [0, 0.1) is 5.92 Å². The molecule has 0 aromatic heterocycles. The molecule has 1 amide bonds. The topological polar surface area (TPSA) is 38.8 Å². The van der Waals surface area contributed by atoms with E-state index in [-0.39, 0.29) is 5.91 Å². The molecule has 3 rings (SSSR count). The quantitative estimate of drug-likeness (QED) is 0.832. The fraction of sp³-hybridized carbons (Fsp3) is 0.562. The van der Waals surface area contributed by atoms with E-state index in [4.69, 9.17) is 9.47 Å². The molecule has 0 radical (unpaired) electrons. The fourth-order valence-electron chi connectivity index (χ4n) is 2.78.